The lowest BCUT2D eigenvalue weighted by atomic mass is 10.0. The predicted molar refractivity (Wildman–Crippen MR) is 93.6 cm³/mol. The molecule has 2 N–H and O–H groups in total. The molecule has 1 heterocycles. The number of nitrogens with one attached hydrogen (secondary N) is 2. The first-order chi connectivity index (χ1) is 11.2. The van der Waals surface area contributed by atoms with E-state index in [1.807, 2.05) is 12.1 Å². The average Bonchev–Trinajstić information content (AvgIpc) is 2.99. The first kappa shape index (κ1) is 17.8. The number of methoxy groups -OCH3 is 1. The van der Waals surface area contributed by atoms with E-state index in [9.17, 15) is 0 Å². The topological polar surface area (TPSA) is 54.9 Å². The molecule has 1 unspecified atom stereocenters. The lowest BCUT2D eigenvalue weighted by Gasteiger charge is -2.24. The van der Waals surface area contributed by atoms with Gasteiger partial charge in [0.05, 0.1) is 18.8 Å². The predicted octanol–water partition coefficient (Wildman–Crippen LogP) is 2.46. The van der Waals surface area contributed by atoms with Gasteiger partial charge in [-0.25, -0.2) is 4.99 Å². The summed E-state index contributed by atoms with van der Waals surface area (Å²) in [7, 11) is 1.72. The molecule has 1 atom stereocenters. The van der Waals surface area contributed by atoms with E-state index < -0.39 is 0 Å². The molecule has 0 bridgehead atoms. The smallest absolute Gasteiger partial charge is 0.191 e. The Kier molecular flexibility index (Phi) is 6.86. The van der Waals surface area contributed by atoms with Crippen molar-refractivity contribution < 1.29 is 9.47 Å². The van der Waals surface area contributed by atoms with Crippen molar-refractivity contribution in [2.75, 3.05) is 26.8 Å². The van der Waals surface area contributed by atoms with Gasteiger partial charge >= 0.3 is 0 Å². The standard InChI is InChI=1S/C18H29N3O2/c1-4-19-17(21-14-18(2)10-7-11-23-18)20-12-15-8-5-6-9-16(15)13-22-3/h5-6,8-9H,4,7,10-14H2,1-3H3,(H2,19,20,21). The van der Waals surface area contributed by atoms with E-state index in [0.29, 0.717) is 13.2 Å². The molecule has 1 saturated heterocycles. The van der Waals surface area contributed by atoms with Crippen LogP contribution in [-0.4, -0.2) is 38.4 Å². The van der Waals surface area contributed by atoms with Crippen LogP contribution in [0.1, 0.15) is 37.8 Å². The highest BCUT2D eigenvalue weighted by molar-refractivity contribution is 5.79. The third-order valence-corrected chi connectivity index (χ3v) is 4.10. The fraction of sp³-hybridized carbons (Fsp3) is 0.611. The van der Waals surface area contributed by atoms with Gasteiger partial charge in [-0.05, 0) is 37.8 Å². The van der Waals surface area contributed by atoms with Gasteiger partial charge in [0.1, 0.15) is 0 Å². The fourth-order valence-corrected chi connectivity index (χ4v) is 2.76. The zero-order valence-electron chi connectivity index (χ0n) is 14.5. The lowest BCUT2D eigenvalue weighted by Crippen LogP contribution is -2.45. The SMILES string of the molecule is CCNC(=NCc1ccccc1COC)NCC1(C)CCCO1. The van der Waals surface area contributed by atoms with Gasteiger partial charge < -0.3 is 20.1 Å². The molecule has 2 rings (SSSR count). The van der Waals surface area contributed by atoms with Crippen LogP contribution in [0.3, 0.4) is 0 Å². The van der Waals surface area contributed by atoms with Crippen molar-refractivity contribution in [3.63, 3.8) is 0 Å². The van der Waals surface area contributed by atoms with Crippen molar-refractivity contribution in [3.8, 4) is 0 Å². The van der Waals surface area contributed by atoms with Crippen LogP contribution in [0, 0.1) is 0 Å². The van der Waals surface area contributed by atoms with Crippen molar-refractivity contribution >= 4 is 5.96 Å². The minimum Gasteiger partial charge on any atom is -0.380 e. The summed E-state index contributed by atoms with van der Waals surface area (Å²) < 4.78 is 11.1. The van der Waals surface area contributed by atoms with Gasteiger partial charge in [-0.15, -0.1) is 0 Å². The molecule has 5 heteroatoms. The Bertz CT molecular complexity index is 511. The van der Waals surface area contributed by atoms with Gasteiger partial charge in [0.15, 0.2) is 5.96 Å². The Balaban J connectivity index is 1.98. The minimum atomic E-state index is -0.0792. The Morgan fingerprint density at radius 3 is 2.74 bits per heavy atom. The molecule has 1 fully saturated rings. The van der Waals surface area contributed by atoms with Crippen molar-refractivity contribution in [1.29, 1.82) is 0 Å². The zero-order valence-corrected chi connectivity index (χ0v) is 14.5. The zero-order chi connectivity index (χ0) is 16.5. The molecule has 0 spiro atoms. The highest BCUT2D eigenvalue weighted by Gasteiger charge is 2.29. The number of hydrogen-bond donors (Lipinski definition) is 2. The first-order valence-corrected chi connectivity index (χ1v) is 8.39. The molecule has 1 aliphatic heterocycles. The average molecular weight is 319 g/mol. The molecule has 128 valence electrons. The summed E-state index contributed by atoms with van der Waals surface area (Å²) in [4.78, 5) is 4.70. The maximum atomic E-state index is 5.82. The van der Waals surface area contributed by atoms with Crippen LogP contribution in [0.2, 0.25) is 0 Å². The summed E-state index contributed by atoms with van der Waals surface area (Å²) >= 11 is 0. The van der Waals surface area contributed by atoms with Gasteiger partial charge in [-0.3, -0.25) is 0 Å². The number of ether oxygens (including phenoxy) is 2. The summed E-state index contributed by atoms with van der Waals surface area (Å²) in [5.74, 6) is 0.830. The number of rotatable bonds is 7. The quantitative estimate of drug-likeness (QED) is 0.599. The second kappa shape index (κ2) is 8.89. The largest absolute Gasteiger partial charge is 0.380 e. The van der Waals surface area contributed by atoms with E-state index in [0.717, 1.165) is 38.5 Å². The van der Waals surface area contributed by atoms with E-state index in [-0.39, 0.29) is 5.60 Å². The monoisotopic (exact) mass is 319 g/mol. The Hall–Kier alpha value is -1.59. The molecular formula is C18H29N3O2. The maximum Gasteiger partial charge on any atom is 0.191 e. The molecule has 1 aromatic carbocycles. The van der Waals surface area contributed by atoms with E-state index in [4.69, 9.17) is 14.5 Å². The van der Waals surface area contributed by atoms with E-state index in [2.05, 4.69) is 36.6 Å². The molecule has 0 aromatic heterocycles. The Morgan fingerprint density at radius 1 is 1.30 bits per heavy atom. The molecule has 0 saturated carbocycles. The normalized spacial score (nSPS) is 21.4. The summed E-state index contributed by atoms with van der Waals surface area (Å²) in [5.41, 5.74) is 2.29. The van der Waals surface area contributed by atoms with Crippen LogP contribution in [0.5, 0.6) is 0 Å². The van der Waals surface area contributed by atoms with E-state index in [1.165, 1.54) is 11.1 Å². The number of guanidine groups is 1. The van der Waals surface area contributed by atoms with Gasteiger partial charge in [-0.1, -0.05) is 24.3 Å². The van der Waals surface area contributed by atoms with Crippen LogP contribution in [0.25, 0.3) is 0 Å². The third-order valence-electron chi connectivity index (χ3n) is 4.10. The number of hydrogen-bond acceptors (Lipinski definition) is 3. The van der Waals surface area contributed by atoms with Gasteiger partial charge in [0.2, 0.25) is 0 Å². The molecule has 0 radical (unpaired) electrons. The highest BCUT2D eigenvalue weighted by atomic mass is 16.5. The molecule has 0 aliphatic carbocycles. The molecule has 23 heavy (non-hydrogen) atoms. The Morgan fingerprint density at radius 2 is 2.09 bits per heavy atom. The summed E-state index contributed by atoms with van der Waals surface area (Å²) in [6, 6.07) is 8.26. The van der Waals surface area contributed by atoms with Crippen molar-refractivity contribution in [3.05, 3.63) is 35.4 Å². The van der Waals surface area contributed by atoms with E-state index >= 15 is 0 Å². The maximum absolute atomic E-state index is 5.82. The number of aliphatic imine (C=N–C) groups is 1. The van der Waals surface area contributed by atoms with Crippen molar-refractivity contribution in [2.45, 2.75) is 45.4 Å². The van der Waals surface area contributed by atoms with E-state index in [1.54, 1.807) is 7.11 Å². The van der Waals surface area contributed by atoms with Crippen LogP contribution < -0.4 is 10.6 Å². The minimum absolute atomic E-state index is 0.0792. The molecule has 1 aliphatic rings. The molecular weight excluding hydrogens is 290 g/mol. The number of benzene rings is 1. The molecule has 0 amide bonds. The Labute approximate surface area is 139 Å². The van der Waals surface area contributed by atoms with Gasteiger partial charge in [0.25, 0.3) is 0 Å². The molecule has 1 aromatic rings. The summed E-state index contributed by atoms with van der Waals surface area (Å²) in [6.07, 6.45) is 2.23. The summed E-state index contributed by atoms with van der Waals surface area (Å²) in [6.45, 7) is 7.94. The van der Waals surface area contributed by atoms with Gasteiger partial charge in [-0.2, -0.15) is 0 Å². The second-order valence-corrected chi connectivity index (χ2v) is 6.15. The molecule has 5 nitrogen and oxygen atoms in total. The van der Waals surface area contributed by atoms with Crippen molar-refractivity contribution in [1.82, 2.24) is 10.6 Å². The summed E-state index contributed by atoms with van der Waals surface area (Å²) in [5, 5.41) is 6.71. The van der Waals surface area contributed by atoms with Gasteiger partial charge in [0, 0.05) is 26.8 Å². The fourth-order valence-electron chi connectivity index (χ4n) is 2.76. The van der Waals surface area contributed by atoms with Crippen LogP contribution in [0.15, 0.2) is 29.3 Å². The number of nitrogens with zero attached hydrogens (tertiary/aromatic N) is 1. The van der Waals surface area contributed by atoms with Crippen molar-refractivity contribution in [2.24, 2.45) is 4.99 Å². The lowest BCUT2D eigenvalue weighted by molar-refractivity contribution is 0.0243. The van der Waals surface area contributed by atoms with Crippen LogP contribution in [0.4, 0.5) is 0 Å². The highest BCUT2D eigenvalue weighted by Crippen LogP contribution is 2.23. The first-order valence-electron chi connectivity index (χ1n) is 8.39. The second-order valence-electron chi connectivity index (χ2n) is 6.15. The van der Waals surface area contributed by atoms with Crippen LogP contribution in [-0.2, 0) is 22.6 Å². The van der Waals surface area contributed by atoms with Crippen LogP contribution >= 0.6 is 0 Å². The third kappa shape index (κ3) is 5.52.